The normalized spacial score (nSPS) is 15.6. The molecule has 222 valence electrons. The quantitative estimate of drug-likeness (QED) is 0.265. The zero-order valence-corrected chi connectivity index (χ0v) is 26.4. The molecule has 1 aromatic rings. The van der Waals surface area contributed by atoms with Crippen molar-refractivity contribution in [2.24, 2.45) is 11.8 Å². The fraction of sp³-hybridized carbons (Fsp3) is 0.719. The van der Waals surface area contributed by atoms with Crippen molar-refractivity contribution >= 4 is 17.9 Å². The highest BCUT2D eigenvalue weighted by Crippen LogP contribution is 2.31. The molecule has 1 rings (SSSR count). The molecule has 7 heteroatoms. The van der Waals surface area contributed by atoms with Crippen molar-refractivity contribution in [3.63, 3.8) is 0 Å². The van der Waals surface area contributed by atoms with E-state index in [9.17, 15) is 14.4 Å². The van der Waals surface area contributed by atoms with Gasteiger partial charge in [-0.3, -0.25) is 9.59 Å². The predicted octanol–water partition coefficient (Wildman–Crippen LogP) is 6.93. The van der Waals surface area contributed by atoms with Crippen LogP contribution >= 0.6 is 0 Å². The highest BCUT2D eigenvalue weighted by Gasteiger charge is 2.41. The van der Waals surface area contributed by atoms with Crippen LogP contribution in [0.5, 0.6) is 0 Å². The van der Waals surface area contributed by atoms with Crippen LogP contribution < -0.4 is 10.6 Å². The second-order valence-corrected chi connectivity index (χ2v) is 12.5. The van der Waals surface area contributed by atoms with E-state index in [1.807, 2.05) is 58.9 Å². The molecule has 0 aromatic heterocycles. The fourth-order valence-corrected chi connectivity index (χ4v) is 4.73. The van der Waals surface area contributed by atoms with Gasteiger partial charge in [-0.15, -0.1) is 0 Å². The van der Waals surface area contributed by atoms with Crippen molar-refractivity contribution < 1.29 is 19.1 Å². The van der Waals surface area contributed by atoms with Crippen LogP contribution in [0.3, 0.4) is 0 Å². The standard InChI is InChI=1S/C32H55N3O4/c1-12-16-24(7)33-29(36)28(26-18-15-14-17-23(26)6)35(25(8)20-19-21(3)4)30(37)27(22(5)13-2)34-31(38)39-32(9,10)11/h14-15,17-18,21-22,24-25,27-28H,12-13,16,19-20H2,1-11H3,(H,33,36)(H,34,38). The van der Waals surface area contributed by atoms with Crippen LogP contribution in [-0.4, -0.2) is 46.5 Å². The molecule has 3 amide bonds. The topological polar surface area (TPSA) is 87.7 Å². The van der Waals surface area contributed by atoms with Gasteiger partial charge in [-0.05, 0) is 83.8 Å². The number of hydrogen-bond acceptors (Lipinski definition) is 4. The third-order valence-electron chi connectivity index (χ3n) is 7.16. The molecule has 0 aliphatic carbocycles. The third-order valence-corrected chi connectivity index (χ3v) is 7.16. The lowest BCUT2D eigenvalue weighted by Gasteiger charge is -2.40. The van der Waals surface area contributed by atoms with E-state index in [-0.39, 0.29) is 29.8 Å². The number of carbonyl (C=O) groups is 3. The summed E-state index contributed by atoms with van der Waals surface area (Å²) in [5.74, 6) is -0.178. The van der Waals surface area contributed by atoms with Crippen LogP contribution in [0.15, 0.2) is 24.3 Å². The number of carbonyl (C=O) groups excluding carboxylic acids is 3. The predicted molar refractivity (Wildman–Crippen MR) is 159 cm³/mol. The monoisotopic (exact) mass is 545 g/mol. The van der Waals surface area contributed by atoms with E-state index in [0.29, 0.717) is 12.3 Å². The molecule has 0 bridgehead atoms. The summed E-state index contributed by atoms with van der Waals surface area (Å²) in [6.45, 7) is 21.7. The van der Waals surface area contributed by atoms with E-state index < -0.39 is 23.8 Å². The van der Waals surface area contributed by atoms with Gasteiger partial charge >= 0.3 is 6.09 Å². The number of benzene rings is 1. The lowest BCUT2D eigenvalue weighted by molar-refractivity contribution is -0.146. The van der Waals surface area contributed by atoms with Gasteiger partial charge in [-0.25, -0.2) is 4.79 Å². The van der Waals surface area contributed by atoms with Gasteiger partial charge < -0.3 is 20.3 Å². The van der Waals surface area contributed by atoms with Crippen LogP contribution in [-0.2, 0) is 14.3 Å². The van der Waals surface area contributed by atoms with Crippen LogP contribution in [0.2, 0.25) is 0 Å². The SMILES string of the molecule is CCCC(C)NC(=O)C(c1ccccc1C)N(C(=O)C(NC(=O)OC(C)(C)C)C(C)CC)C(C)CCC(C)C. The molecule has 0 spiro atoms. The van der Waals surface area contributed by atoms with Gasteiger partial charge in [0.1, 0.15) is 17.7 Å². The third kappa shape index (κ3) is 11.2. The van der Waals surface area contributed by atoms with Gasteiger partial charge in [0.2, 0.25) is 11.8 Å². The molecule has 2 N–H and O–H groups in total. The highest BCUT2D eigenvalue weighted by atomic mass is 16.6. The van der Waals surface area contributed by atoms with E-state index >= 15 is 0 Å². The van der Waals surface area contributed by atoms with E-state index in [4.69, 9.17) is 4.74 Å². The number of nitrogens with one attached hydrogen (secondary N) is 2. The number of alkyl carbamates (subject to hydrolysis) is 1. The summed E-state index contributed by atoms with van der Waals surface area (Å²) in [5, 5.41) is 6.03. The maximum Gasteiger partial charge on any atom is 0.408 e. The molecule has 39 heavy (non-hydrogen) atoms. The zero-order chi connectivity index (χ0) is 29.9. The Hall–Kier alpha value is -2.57. The summed E-state index contributed by atoms with van der Waals surface area (Å²) in [5.41, 5.74) is 1.04. The maximum absolute atomic E-state index is 14.5. The lowest BCUT2D eigenvalue weighted by atomic mass is 9.92. The second kappa shape index (κ2) is 15.9. The molecule has 7 nitrogen and oxygen atoms in total. The first-order valence-electron chi connectivity index (χ1n) is 14.8. The van der Waals surface area contributed by atoms with E-state index in [2.05, 4.69) is 31.4 Å². The minimum atomic E-state index is -0.835. The molecular formula is C32H55N3O4. The van der Waals surface area contributed by atoms with E-state index in [1.54, 1.807) is 25.7 Å². The number of rotatable bonds is 14. The zero-order valence-electron chi connectivity index (χ0n) is 26.4. The number of amides is 3. The Morgan fingerprint density at radius 3 is 2.05 bits per heavy atom. The molecule has 0 fully saturated rings. The summed E-state index contributed by atoms with van der Waals surface area (Å²) in [6, 6.07) is 5.83. The van der Waals surface area contributed by atoms with Crippen LogP contribution in [0.25, 0.3) is 0 Å². The maximum atomic E-state index is 14.5. The number of hydrogen-bond donors (Lipinski definition) is 2. The Labute approximate surface area is 237 Å². The Bertz CT molecular complexity index is 924. The largest absolute Gasteiger partial charge is 0.444 e. The Morgan fingerprint density at radius 1 is 0.923 bits per heavy atom. The summed E-state index contributed by atoms with van der Waals surface area (Å²) in [6.07, 6.45) is 3.48. The molecule has 1 aromatic carbocycles. The van der Waals surface area contributed by atoms with Gasteiger partial charge in [0.25, 0.3) is 0 Å². The Kier molecular flexibility index (Phi) is 14.0. The van der Waals surface area contributed by atoms with Gasteiger partial charge in [0.05, 0.1) is 0 Å². The molecule has 0 heterocycles. The molecule has 0 aliphatic heterocycles. The molecular weight excluding hydrogens is 490 g/mol. The first-order valence-corrected chi connectivity index (χ1v) is 14.8. The van der Waals surface area contributed by atoms with Crippen LogP contribution in [0, 0.1) is 18.8 Å². The first kappa shape index (κ1) is 34.5. The molecule has 5 unspecified atom stereocenters. The molecule has 0 radical (unpaired) electrons. The summed E-state index contributed by atoms with van der Waals surface area (Å²) in [7, 11) is 0. The lowest BCUT2D eigenvalue weighted by Crippen LogP contribution is -2.57. The fourth-order valence-electron chi connectivity index (χ4n) is 4.73. The van der Waals surface area contributed by atoms with Gasteiger partial charge in [0, 0.05) is 12.1 Å². The van der Waals surface area contributed by atoms with Crippen molar-refractivity contribution in [3.8, 4) is 0 Å². The number of ether oxygens (including phenoxy) is 1. The van der Waals surface area contributed by atoms with Crippen molar-refractivity contribution in [1.29, 1.82) is 0 Å². The highest BCUT2D eigenvalue weighted by molar-refractivity contribution is 5.92. The van der Waals surface area contributed by atoms with E-state index in [0.717, 1.165) is 36.8 Å². The van der Waals surface area contributed by atoms with Crippen LogP contribution in [0.4, 0.5) is 4.79 Å². The second-order valence-electron chi connectivity index (χ2n) is 12.5. The van der Waals surface area contributed by atoms with Crippen molar-refractivity contribution in [2.45, 2.75) is 138 Å². The molecule has 5 atom stereocenters. The smallest absolute Gasteiger partial charge is 0.408 e. The summed E-state index contributed by atoms with van der Waals surface area (Å²) in [4.78, 5) is 43.2. The Morgan fingerprint density at radius 2 is 1.54 bits per heavy atom. The number of nitrogens with zero attached hydrogens (tertiary/aromatic N) is 1. The van der Waals surface area contributed by atoms with E-state index in [1.165, 1.54) is 0 Å². The van der Waals surface area contributed by atoms with Gasteiger partial charge in [-0.1, -0.05) is 71.7 Å². The molecule has 0 aliphatic rings. The van der Waals surface area contributed by atoms with Crippen molar-refractivity contribution in [3.05, 3.63) is 35.4 Å². The van der Waals surface area contributed by atoms with Gasteiger partial charge in [-0.2, -0.15) is 0 Å². The Balaban J connectivity index is 3.68. The van der Waals surface area contributed by atoms with Gasteiger partial charge in [0.15, 0.2) is 0 Å². The molecule has 0 saturated heterocycles. The van der Waals surface area contributed by atoms with Crippen molar-refractivity contribution in [1.82, 2.24) is 15.5 Å². The number of aryl methyl sites for hydroxylation is 1. The molecule has 0 saturated carbocycles. The minimum absolute atomic E-state index is 0.0257. The average molecular weight is 546 g/mol. The average Bonchev–Trinajstić information content (AvgIpc) is 2.83. The minimum Gasteiger partial charge on any atom is -0.444 e. The summed E-state index contributed by atoms with van der Waals surface area (Å²) >= 11 is 0. The van der Waals surface area contributed by atoms with Crippen molar-refractivity contribution in [2.75, 3.05) is 0 Å². The summed E-state index contributed by atoms with van der Waals surface area (Å²) < 4.78 is 5.52. The first-order chi connectivity index (χ1) is 18.1. The van der Waals surface area contributed by atoms with Crippen LogP contribution in [0.1, 0.15) is 119 Å².